The molecule has 0 fully saturated rings. The van der Waals surface area contributed by atoms with Crippen molar-refractivity contribution in [1.82, 2.24) is 0 Å². The van der Waals surface area contributed by atoms with Gasteiger partial charge in [-0.25, -0.2) is 0 Å². The summed E-state index contributed by atoms with van der Waals surface area (Å²) >= 11 is 0. The van der Waals surface area contributed by atoms with E-state index in [9.17, 15) is 0 Å². The molecule has 0 spiro atoms. The van der Waals surface area contributed by atoms with Crippen LogP contribution >= 0.6 is 0 Å². The third-order valence-corrected chi connectivity index (χ3v) is 2.43. The predicted octanol–water partition coefficient (Wildman–Crippen LogP) is 3.98. The first-order chi connectivity index (χ1) is 6.88. The Hall–Kier alpha value is -0.980. The predicted molar refractivity (Wildman–Crippen MR) is 60.3 cm³/mol. The highest BCUT2D eigenvalue weighted by Gasteiger charge is 2.00. The van der Waals surface area contributed by atoms with Crippen molar-refractivity contribution in [3.8, 4) is 5.75 Å². The van der Waals surface area contributed by atoms with Crippen molar-refractivity contribution >= 4 is 0 Å². The van der Waals surface area contributed by atoms with Crippen molar-refractivity contribution in [2.75, 3.05) is 0 Å². The molecule has 0 heterocycles. The van der Waals surface area contributed by atoms with Gasteiger partial charge in [0.2, 0.25) is 0 Å². The third-order valence-electron chi connectivity index (χ3n) is 2.43. The Morgan fingerprint density at radius 1 is 1.14 bits per heavy atom. The maximum atomic E-state index is 5.05. The monoisotopic (exact) mass is 191 g/mol. The van der Waals surface area contributed by atoms with Crippen LogP contribution in [-0.4, -0.2) is 0 Å². The highest BCUT2D eigenvalue weighted by Crippen LogP contribution is 2.20. The van der Waals surface area contributed by atoms with Crippen LogP contribution in [0.25, 0.3) is 0 Å². The van der Waals surface area contributed by atoms with E-state index >= 15 is 0 Å². The van der Waals surface area contributed by atoms with Gasteiger partial charge in [0.25, 0.3) is 0 Å². The lowest BCUT2D eigenvalue weighted by atomic mass is 10.1. The molecule has 0 N–H and O–H groups in total. The van der Waals surface area contributed by atoms with E-state index in [1.165, 1.54) is 31.2 Å². The van der Waals surface area contributed by atoms with Gasteiger partial charge >= 0.3 is 0 Å². The minimum Gasteiger partial charge on any atom is -0.490 e. The Balaban J connectivity index is 2.41. The van der Waals surface area contributed by atoms with Crippen LogP contribution < -0.4 is 4.74 Å². The molecule has 0 amide bonds. The lowest BCUT2D eigenvalue weighted by Crippen LogP contribution is -1.90. The SMILES string of the molecule is [CH2]Oc1ccccc1CCCCCC. The summed E-state index contributed by atoms with van der Waals surface area (Å²) in [6, 6.07) is 8.13. The Bertz CT molecular complexity index is 255. The molecular formula is C13H19O. The van der Waals surface area contributed by atoms with E-state index in [0.29, 0.717) is 0 Å². The van der Waals surface area contributed by atoms with Crippen molar-refractivity contribution in [3.63, 3.8) is 0 Å². The standard InChI is InChI=1S/C13H19O/c1-3-4-5-6-9-12-10-7-8-11-13(12)14-2/h7-8,10-11H,2-6,9H2,1H3. The van der Waals surface area contributed by atoms with Crippen LogP contribution in [0.5, 0.6) is 5.75 Å². The summed E-state index contributed by atoms with van der Waals surface area (Å²) in [5.41, 5.74) is 1.28. The first-order valence-electron chi connectivity index (χ1n) is 5.38. The Morgan fingerprint density at radius 3 is 2.64 bits per heavy atom. The molecule has 0 aromatic heterocycles. The summed E-state index contributed by atoms with van der Waals surface area (Å²) in [5, 5.41) is 0. The maximum absolute atomic E-state index is 5.05. The number of hydrogen-bond acceptors (Lipinski definition) is 1. The Morgan fingerprint density at radius 2 is 1.93 bits per heavy atom. The fourth-order valence-corrected chi connectivity index (χ4v) is 1.59. The fourth-order valence-electron chi connectivity index (χ4n) is 1.59. The molecule has 1 rings (SSSR count). The molecule has 0 aliphatic rings. The van der Waals surface area contributed by atoms with Crippen LogP contribution in [-0.2, 0) is 6.42 Å². The normalized spacial score (nSPS) is 10.1. The lowest BCUT2D eigenvalue weighted by molar-refractivity contribution is 0.465. The van der Waals surface area contributed by atoms with E-state index in [1.54, 1.807) is 0 Å². The van der Waals surface area contributed by atoms with Crippen molar-refractivity contribution in [2.45, 2.75) is 39.0 Å². The molecule has 0 atom stereocenters. The zero-order chi connectivity index (χ0) is 10.2. The first-order valence-corrected chi connectivity index (χ1v) is 5.38. The quantitative estimate of drug-likeness (QED) is 0.618. The minimum absolute atomic E-state index is 0.920. The number of para-hydroxylation sites is 1. The van der Waals surface area contributed by atoms with Gasteiger partial charge in [-0.2, -0.15) is 0 Å². The number of ether oxygens (including phenoxy) is 1. The van der Waals surface area contributed by atoms with Gasteiger partial charge in [-0.15, -0.1) is 0 Å². The average Bonchev–Trinajstić information content (AvgIpc) is 2.25. The number of unbranched alkanes of at least 4 members (excludes halogenated alkanes) is 3. The van der Waals surface area contributed by atoms with E-state index < -0.39 is 0 Å². The van der Waals surface area contributed by atoms with Crippen molar-refractivity contribution in [1.29, 1.82) is 0 Å². The van der Waals surface area contributed by atoms with Gasteiger partial charge < -0.3 is 4.74 Å². The van der Waals surface area contributed by atoms with Crippen LogP contribution in [0.1, 0.15) is 38.2 Å². The molecule has 0 saturated heterocycles. The molecule has 14 heavy (non-hydrogen) atoms. The van der Waals surface area contributed by atoms with Gasteiger partial charge in [-0.1, -0.05) is 44.4 Å². The van der Waals surface area contributed by atoms with E-state index in [0.717, 1.165) is 12.2 Å². The van der Waals surface area contributed by atoms with Crippen LogP contribution in [0, 0.1) is 7.11 Å². The number of hydrogen-bond donors (Lipinski definition) is 0. The molecule has 1 heteroatoms. The minimum atomic E-state index is 0.920. The third kappa shape index (κ3) is 3.41. The first kappa shape index (κ1) is 11.1. The second kappa shape index (κ2) is 6.47. The largest absolute Gasteiger partial charge is 0.490 e. The topological polar surface area (TPSA) is 9.23 Å². The molecule has 0 aliphatic carbocycles. The van der Waals surface area contributed by atoms with Gasteiger partial charge in [-0.3, -0.25) is 0 Å². The van der Waals surface area contributed by atoms with Crippen LogP contribution in [0.3, 0.4) is 0 Å². The second-order valence-corrected chi connectivity index (χ2v) is 3.56. The number of rotatable bonds is 6. The van der Waals surface area contributed by atoms with Crippen molar-refractivity contribution in [3.05, 3.63) is 36.9 Å². The Labute approximate surface area is 87.1 Å². The van der Waals surface area contributed by atoms with Crippen molar-refractivity contribution in [2.24, 2.45) is 0 Å². The molecule has 0 aliphatic heterocycles. The molecule has 0 saturated carbocycles. The smallest absolute Gasteiger partial charge is 0.122 e. The van der Waals surface area contributed by atoms with E-state index in [-0.39, 0.29) is 0 Å². The average molecular weight is 191 g/mol. The van der Waals surface area contributed by atoms with Crippen LogP contribution in [0.2, 0.25) is 0 Å². The number of benzene rings is 1. The van der Waals surface area contributed by atoms with Gasteiger partial charge in [0, 0.05) is 0 Å². The number of aryl methyl sites for hydroxylation is 1. The Kier molecular flexibility index (Phi) is 5.13. The van der Waals surface area contributed by atoms with Crippen LogP contribution in [0.4, 0.5) is 0 Å². The van der Waals surface area contributed by atoms with E-state index in [2.05, 4.69) is 26.2 Å². The van der Waals surface area contributed by atoms with E-state index in [1.807, 2.05) is 12.1 Å². The summed E-state index contributed by atoms with van der Waals surface area (Å²) in [6.45, 7) is 2.23. The van der Waals surface area contributed by atoms with E-state index in [4.69, 9.17) is 4.74 Å². The fraction of sp³-hybridized carbons (Fsp3) is 0.462. The second-order valence-electron chi connectivity index (χ2n) is 3.56. The molecule has 0 bridgehead atoms. The zero-order valence-electron chi connectivity index (χ0n) is 8.96. The van der Waals surface area contributed by atoms with Gasteiger partial charge in [-0.05, 0) is 24.5 Å². The molecule has 1 aromatic rings. The molecule has 77 valence electrons. The summed E-state index contributed by atoms with van der Waals surface area (Å²) in [6.07, 6.45) is 6.27. The van der Waals surface area contributed by atoms with Gasteiger partial charge in [0.15, 0.2) is 0 Å². The van der Waals surface area contributed by atoms with Crippen molar-refractivity contribution < 1.29 is 4.74 Å². The molecule has 1 nitrogen and oxygen atoms in total. The lowest BCUT2D eigenvalue weighted by Gasteiger charge is -2.06. The summed E-state index contributed by atoms with van der Waals surface area (Å²) < 4.78 is 5.05. The molecular weight excluding hydrogens is 172 g/mol. The summed E-state index contributed by atoms with van der Waals surface area (Å²) in [7, 11) is 3.46. The highest BCUT2D eigenvalue weighted by atomic mass is 16.5. The zero-order valence-corrected chi connectivity index (χ0v) is 8.96. The highest BCUT2D eigenvalue weighted by molar-refractivity contribution is 5.33. The molecule has 0 unspecified atom stereocenters. The molecule has 1 aromatic carbocycles. The summed E-state index contributed by atoms with van der Waals surface area (Å²) in [5.74, 6) is 0.920. The van der Waals surface area contributed by atoms with Crippen LogP contribution in [0.15, 0.2) is 24.3 Å². The maximum Gasteiger partial charge on any atom is 0.122 e. The van der Waals surface area contributed by atoms with Gasteiger partial charge in [0.05, 0.1) is 0 Å². The van der Waals surface area contributed by atoms with Gasteiger partial charge in [0.1, 0.15) is 12.9 Å². The summed E-state index contributed by atoms with van der Waals surface area (Å²) in [4.78, 5) is 0. The molecule has 1 radical (unpaired) electrons.